The second-order valence-corrected chi connectivity index (χ2v) is 4.85. The molecular weight excluding hydrogens is 236 g/mol. The number of aliphatic hydroxyl groups excluding tert-OH is 1. The van der Waals surface area contributed by atoms with E-state index in [1.54, 1.807) is 12.1 Å². The molecule has 0 aromatic heterocycles. The van der Waals surface area contributed by atoms with E-state index in [9.17, 15) is 5.11 Å². The fraction of sp³-hybridized carbons (Fsp3) is 0.462. The first kappa shape index (κ1) is 12.2. The van der Waals surface area contributed by atoms with E-state index in [4.69, 9.17) is 16.9 Å². The van der Waals surface area contributed by atoms with Crippen LogP contribution in [0.3, 0.4) is 0 Å². The van der Waals surface area contributed by atoms with Crippen LogP contribution in [-0.2, 0) is 0 Å². The summed E-state index contributed by atoms with van der Waals surface area (Å²) in [6, 6.07) is 7.57. The number of piperidine rings is 1. The van der Waals surface area contributed by atoms with Gasteiger partial charge in [-0.3, -0.25) is 0 Å². The van der Waals surface area contributed by atoms with Gasteiger partial charge in [-0.05, 0) is 37.0 Å². The van der Waals surface area contributed by atoms with Crippen molar-refractivity contribution in [1.82, 2.24) is 0 Å². The Balaban J connectivity index is 2.24. The van der Waals surface area contributed by atoms with Crippen molar-refractivity contribution in [3.05, 3.63) is 28.8 Å². The smallest absolute Gasteiger partial charge is 0.101 e. The maximum atomic E-state index is 9.21. The third-order valence-corrected chi connectivity index (χ3v) is 3.43. The lowest BCUT2D eigenvalue weighted by Crippen LogP contribution is -2.37. The summed E-state index contributed by atoms with van der Waals surface area (Å²) in [6.45, 7) is 1.96. The van der Waals surface area contributed by atoms with Crippen LogP contribution in [0.1, 0.15) is 18.4 Å². The topological polar surface area (TPSA) is 47.3 Å². The van der Waals surface area contributed by atoms with Crippen LogP contribution in [0.4, 0.5) is 5.69 Å². The average molecular weight is 251 g/mol. The summed E-state index contributed by atoms with van der Waals surface area (Å²) in [7, 11) is 0. The highest BCUT2D eigenvalue weighted by Gasteiger charge is 2.21. The summed E-state index contributed by atoms with van der Waals surface area (Å²) in [5.41, 5.74) is 1.53. The number of hydrogen-bond donors (Lipinski definition) is 1. The van der Waals surface area contributed by atoms with Gasteiger partial charge in [0.05, 0.1) is 11.3 Å². The van der Waals surface area contributed by atoms with Crippen LogP contribution in [0, 0.1) is 17.2 Å². The predicted molar refractivity (Wildman–Crippen MR) is 68.2 cm³/mol. The first-order chi connectivity index (χ1) is 8.24. The molecule has 0 aliphatic carbocycles. The molecule has 1 aliphatic heterocycles. The second kappa shape index (κ2) is 5.39. The molecule has 2 rings (SSSR count). The van der Waals surface area contributed by atoms with Crippen molar-refractivity contribution in [2.24, 2.45) is 5.92 Å². The minimum atomic E-state index is 0.214. The molecule has 1 fully saturated rings. The molecule has 1 aromatic carbocycles. The van der Waals surface area contributed by atoms with Gasteiger partial charge in [0.25, 0.3) is 0 Å². The summed E-state index contributed by atoms with van der Waals surface area (Å²) in [4.78, 5) is 2.17. The number of anilines is 1. The van der Waals surface area contributed by atoms with E-state index in [2.05, 4.69) is 11.0 Å². The zero-order valence-electron chi connectivity index (χ0n) is 9.56. The van der Waals surface area contributed by atoms with Gasteiger partial charge in [-0.15, -0.1) is 0 Å². The third kappa shape index (κ3) is 2.71. The van der Waals surface area contributed by atoms with E-state index in [1.165, 1.54) is 0 Å². The van der Waals surface area contributed by atoms with Crippen LogP contribution in [0.2, 0.25) is 5.02 Å². The van der Waals surface area contributed by atoms with Gasteiger partial charge in [0.15, 0.2) is 0 Å². The minimum Gasteiger partial charge on any atom is -0.396 e. The van der Waals surface area contributed by atoms with Crippen molar-refractivity contribution in [3.8, 4) is 6.07 Å². The fourth-order valence-corrected chi connectivity index (χ4v) is 2.48. The first-order valence-corrected chi connectivity index (χ1v) is 6.18. The van der Waals surface area contributed by atoms with Crippen molar-refractivity contribution in [3.63, 3.8) is 0 Å². The van der Waals surface area contributed by atoms with Crippen LogP contribution in [0.15, 0.2) is 18.2 Å². The van der Waals surface area contributed by atoms with Gasteiger partial charge < -0.3 is 10.0 Å². The summed E-state index contributed by atoms with van der Waals surface area (Å²) >= 11 is 5.88. The molecule has 3 nitrogen and oxygen atoms in total. The Morgan fingerprint density at radius 2 is 2.35 bits per heavy atom. The van der Waals surface area contributed by atoms with Gasteiger partial charge in [0.1, 0.15) is 6.07 Å². The number of nitrogens with zero attached hydrogens (tertiary/aromatic N) is 2. The van der Waals surface area contributed by atoms with Gasteiger partial charge in [0.2, 0.25) is 0 Å². The van der Waals surface area contributed by atoms with Crippen molar-refractivity contribution >= 4 is 17.3 Å². The predicted octanol–water partition coefficient (Wildman–Crippen LogP) is 2.42. The Labute approximate surface area is 106 Å². The number of halogens is 1. The van der Waals surface area contributed by atoms with Crippen LogP contribution in [0.25, 0.3) is 0 Å². The Morgan fingerprint density at radius 3 is 3.06 bits per heavy atom. The molecule has 0 saturated carbocycles. The molecule has 1 saturated heterocycles. The highest BCUT2D eigenvalue weighted by molar-refractivity contribution is 6.30. The molecular formula is C13H15ClN2O. The van der Waals surface area contributed by atoms with Crippen LogP contribution >= 0.6 is 11.6 Å². The van der Waals surface area contributed by atoms with E-state index in [0.717, 1.165) is 31.6 Å². The normalized spacial score (nSPS) is 20.1. The zero-order chi connectivity index (χ0) is 12.3. The summed E-state index contributed by atoms with van der Waals surface area (Å²) < 4.78 is 0. The molecule has 0 bridgehead atoms. The van der Waals surface area contributed by atoms with E-state index >= 15 is 0 Å². The molecule has 1 aliphatic rings. The second-order valence-electron chi connectivity index (χ2n) is 4.41. The standard InChI is InChI=1S/C13H15ClN2O/c14-12-3-4-13(11(6-12)7-15)16-5-1-2-10(8-16)9-17/h3-4,6,10,17H,1-2,5,8-9H2. The molecule has 17 heavy (non-hydrogen) atoms. The number of benzene rings is 1. The Bertz CT molecular complexity index is 442. The molecule has 1 unspecified atom stereocenters. The maximum Gasteiger partial charge on any atom is 0.101 e. The number of rotatable bonds is 2. The van der Waals surface area contributed by atoms with Gasteiger partial charge in [-0.1, -0.05) is 11.6 Å². The average Bonchev–Trinajstić information content (AvgIpc) is 2.38. The Hall–Kier alpha value is -1.24. The zero-order valence-corrected chi connectivity index (χ0v) is 10.3. The Kier molecular flexibility index (Phi) is 3.88. The molecule has 1 atom stereocenters. The number of nitriles is 1. The van der Waals surface area contributed by atoms with Crippen molar-refractivity contribution in [1.29, 1.82) is 5.26 Å². The molecule has 1 N–H and O–H groups in total. The van der Waals surface area contributed by atoms with E-state index in [0.29, 0.717) is 16.5 Å². The maximum absolute atomic E-state index is 9.21. The van der Waals surface area contributed by atoms with Crippen LogP contribution in [0.5, 0.6) is 0 Å². The monoisotopic (exact) mass is 250 g/mol. The molecule has 1 heterocycles. The lowest BCUT2D eigenvalue weighted by atomic mass is 9.98. The van der Waals surface area contributed by atoms with E-state index in [-0.39, 0.29) is 6.61 Å². The van der Waals surface area contributed by atoms with Crippen molar-refractivity contribution in [2.75, 3.05) is 24.6 Å². The highest BCUT2D eigenvalue weighted by Crippen LogP contribution is 2.27. The minimum absolute atomic E-state index is 0.214. The fourth-order valence-electron chi connectivity index (χ4n) is 2.31. The van der Waals surface area contributed by atoms with Gasteiger partial charge in [0, 0.05) is 24.7 Å². The first-order valence-electron chi connectivity index (χ1n) is 5.80. The summed E-state index contributed by atoms with van der Waals surface area (Å²) in [5.74, 6) is 0.311. The lowest BCUT2D eigenvalue weighted by molar-refractivity contribution is 0.208. The van der Waals surface area contributed by atoms with Crippen LogP contribution in [-0.4, -0.2) is 24.8 Å². The number of hydrogen-bond acceptors (Lipinski definition) is 3. The lowest BCUT2D eigenvalue weighted by Gasteiger charge is -2.34. The molecule has 0 amide bonds. The SMILES string of the molecule is N#Cc1cc(Cl)ccc1N1CCCC(CO)C1. The van der Waals surface area contributed by atoms with E-state index in [1.807, 2.05) is 6.07 Å². The molecule has 0 spiro atoms. The summed E-state index contributed by atoms with van der Waals surface area (Å²) in [5, 5.41) is 18.9. The van der Waals surface area contributed by atoms with Gasteiger partial charge in [-0.2, -0.15) is 5.26 Å². The molecule has 4 heteroatoms. The Morgan fingerprint density at radius 1 is 1.53 bits per heavy atom. The molecule has 0 radical (unpaired) electrons. The quantitative estimate of drug-likeness (QED) is 0.877. The highest BCUT2D eigenvalue weighted by atomic mass is 35.5. The van der Waals surface area contributed by atoms with Gasteiger partial charge >= 0.3 is 0 Å². The van der Waals surface area contributed by atoms with Crippen molar-refractivity contribution < 1.29 is 5.11 Å². The largest absolute Gasteiger partial charge is 0.396 e. The van der Waals surface area contributed by atoms with Crippen LogP contribution < -0.4 is 4.90 Å². The molecule has 90 valence electrons. The summed E-state index contributed by atoms with van der Waals surface area (Å²) in [6.07, 6.45) is 2.11. The molecule has 1 aromatic rings. The van der Waals surface area contributed by atoms with Gasteiger partial charge in [-0.25, -0.2) is 0 Å². The number of aliphatic hydroxyl groups is 1. The van der Waals surface area contributed by atoms with Crippen molar-refractivity contribution in [2.45, 2.75) is 12.8 Å². The third-order valence-electron chi connectivity index (χ3n) is 3.20. The van der Waals surface area contributed by atoms with E-state index < -0.39 is 0 Å².